The first-order chi connectivity index (χ1) is 11.6. The van der Waals surface area contributed by atoms with Crippen LogP contribution in [0.3, 0.4) is 0 Å². The zero-order chi connectivity index (χ0) is 17.1. The van der Waals surface area contributed by atoms with Crippen LogP contribution < -0.4 is 4.90 Å². The van der Waals surface area contributed by atoms with Crippen molar-refractivity contribution in [3.63, 3.8) is 0 Å². The number of rotatable bonds is 3. The van der Waals surface area contributed by atoms with Gasteiger partial charge in [0.05, 0.1) is 13.0 Å². The van der Waals surface area contributed by atoms with Gasteiger partial charge in [-0.1, -0.05) is 0 Å². The second-order valence-electron chi connectivity index (χ2n) is 6.11. The van der Waals surface area contributed by atoms with Crippen molar-refractivity contribution in [1.29, 1.82) is 0 Å². The maximum atomic E-state index is 11.7. The molecule has 6 nitrogen and oxygen atoms in total. The molecule has 1 aliphatic heterocycles. The Balaban J connectivity index is 1.86. The van der Waals surface area contributed by atoms with E-state index in [1.165, 1.54) is 7.11 Å². The number of piperidine rings is 1. The van der Waals surface area contributed by atoms with E-state index in [-0.39, 0.29) is 11.9 Å². The Labute approximate surface area is 141 Å². The first kappa shape index (κ1) is 16.4. The normalized spacial score (nSPS) is 15.4. The molecule has 2 aromatic heterocycles. The lowest BCUT2D eigenvalue weighted by Crippen LogP contribution is -2.37. The Hall–Kier alpha value is -2.50. The Morgan fingerprint density at radius 2 is 2.00 bits per heavy atom. The molecule has 0 unspecified atom stereocenters. The van der Waals surface area contributed by atoms with Gasteiger partial charge in [0.2, 0.25) is 0 Å². The minimum atomic E-state index is -0.110. The molecule has 6 heteroatoms. The number of pyridine rings is 1. The summed E-state index contributed by atoms with van der Waals surface area (Å²) in [5.41, 5.74) is 2.96. The Morgan fingerprint density at radius 3 is 2.62 bits per heavy atom. The highest BCUT2D eigenvalue weighted by Gasteiger charge is 2.27. The van der Waals surface area contributed by atoms with Gasteiger partial charge in [0.25, 0.3) is 0 Å². The van der Waals surface area contributed by atoms with Crippen LogP contribution in [0, 0.1) is 19.8 Å². The molecule has 0 N–H and O–H groups in total. The van der Waals surface area contributed by atoms with Gasteiger partial charge in [-0.25, -0.2) is 9.97 Å². The molecular weight excluding hydrogens is 304 g/mol. The molecule has 0 aliphatic carbocycles. The lowest BCUT2D eigenvalue weighted by atomic mass is 9.96. The van der Waals surface area contributed by atoms with Crippen molar-refractivity contribution >= 4 is 11.8 Å². The third-order valence-electron chi connectivity index (χ3n) is 4.61. The van der Waals surface area contributed by atoms with E-state index in [9.17, 15) is 4.79 Å². The van der Waals surface area contributed by atoms with Gasteiger partial charge >= 0.3 is 5.97 Å². The van der Waals surface area contributed by atoms with Gasteiger partial charge in [-0.2, -0.15) is 0 Å². The molecule has 1 saturated heterocycles. The summed E-state index contributed by atoms with van der Waals surface area (Å²) in [5.74, 6) is 1.52. The Bertz CT molecular complexity index is 725. The first-order valence-electron chi connectivity index (χ1n) is 8.18. The van der Waals surface area contributed by atoms with Crippen molar-refractivity contribution < 1.29 is 9.53 Å². The van der Waals surface area contributed by atoms with E-state index in [4.69, 9.17) is 9.72 Å². The summed E-state index contributed by atoms with van der Waals surface area (Å²) >= 11 is 0. The molecule has 1 fully saturated rings. The minimum Gasteiger partial charge on any atom is -0.469 e. The Kier molecular flexibility index (Phi) is 4.74. The number of methoxy groups -OCH3 is 1. The highest BCUT2D eigenvalue weighted by atomic mass is 16.5. The van der Waals surface area contributed by atoms with Crippen LogP contribution in [0.25, 0.3) is 11.4 Å². The van der Waals surface area contributed by atoms with Gasteiger partial charge in [0.15, 0.2) is 5.82 Å². The second-order valence-corrected chi connectivity index (χ2v) is 6.11. The van der Waals surface area contributed by atoms with Crippen LogP contribution in [0.1, 0.15) is 24.1 Å². The van der Waals surface area contributed by atoms with Crippen molar-refractivity contribution in [3.05, 3.63) is 35.8 Å². The number of aryl methyl sites for hydroxylation is 1. The SMILES string of the molecule is COC(=O)C1CCN(c2nc(-c3cccnc3)nc(C)c2C)CC1. The van der Waals surface area contributed by atoms with Gasteiger partial charge < -0.3 is 9.64 Å². The second kappa shape index (κ2) is 6.95. The van der Waals surface area contributed by atoms with Crippen LogP contribution in [0.4, 0.5) is 5.82 Å². The number of hydrogen-bond acceptors (Lipinski definition) is 6. The number of anilines is 1. The molecule has 1 aliphatic rings. The number of nitrogens with zero attached hydrogens (tertiary/aromatic N) is 4. The van der Waals surface area contributed by atoms with Crippen molar-refractivity contribution in [1.82, 2.24) is 15.0 Å². The first-order valence-corrected chi connectivity index (χ1v) is 8.18. The van der Waals surface area contributed by atoms with Crippen LogP contribution in [-0.4, -0.2) is 41.1 Å². The number of ether oxygens (including phenoxy) is 1. The van der Waals surface area contributed by atoms with Crippen LogP contribution in [-0.2, 0) is 9.53 Å². The molecule has 0 aromatic carbocycles. The quantitative estimate of drug-likeness (QED) is 0.808. The molecule has 0 amide bonds. The monoisotopic (exact) mass is 326 g/mol. The molecule has 0 bridgehead atoms. The van der Waals surface area contributed by atoms with Crippen molar-refractivity contribution in [3.8, 4) is 11.4 Å². The summed E-state index contributed by atoms with van der Waals surface area (Å²) in [6.07, 6.45) is 5.09. The van der Waals surface area contributed by atoms with Gasteiger partial charge in [0, 0.05) is 42.3 Å². The maximum Gasteiger partial charge on any atom is 0.308 e. The molecule has 2 aromatic rings. The maximum absolute atomic E-state index is 11.7. The number of carbonyl (C=O) groups excluding carboxylic acids is 1. The smallest absolute Gasteiger partial charge is 0.308 e. The standard InChI is InChI=1S/C18H22N4O2/c1-12-13(2)20-16(15-5-4-8-19-11-15)21-17(12)22-9-6-14(7-10-22)18(23)24-3/h4-5,8,11,14H,6-7,9-10H2,1-3H3. The molecule has 24 heavy (non-hydrogen) atoms. The number of aromatic nitrogens is 3. The predicted octanol–water partition coefficient (Wildman–Crippen LogP) is 2.54. The molecule has 0 spiro atoms. The number of hydrogen-bond donors (Lipinski definition) is 0. The lowest BCUT2D eigenvalue weighted by molar-refractivity contribution is -0.146. The van der Waals surface area contributed by atoms with Gasteiger partial charge in [0.1, 0.15) is 5.82 Å². The van der Waals surface area contributed by atoms with Crippen LogP contribution in [0.15, 0.2) is 24.5 Å². The molecule has 0 saturated carbocycles. The van der Waals surface area contributed by atoms with E-state index < -0.39 is 0 Å². The van der Waals surface area contributed by atoms with E-state index in [1.54, 1.807) is 12.4 Å². The van der Waals surface area contributed by atoms with Gasteiger partial charge in [-0.3, -0.25) is 9.78 Å². The average Bonchev–Trinajstić information content (AvgIpc) is 2.64. The average molecular weight is 326 g/mol. The fraction of sp³-hybridized carbons (Fsp3) is 0.444. The molecular formula is C18H22N4O2. The Morgan fingerprint density at radius 1 is 1.25 bits per heavy atom. The third kappa shape index (κ3) is 3.22. The van der Waals surface area contributed by atoms with Gasteiger partial charge in [-0.05, 0) is 38.8 Å². The molecule has 0 radical (unpaired) electrons. The fourth-order valence-corrected chi connectivity index (χ4v) is 3.04. The van der Waals surface area contributed by atoms with Crippen LogP contribution >= 0.6 is 0 Å². The topological polar surface area (TPSA) is 68.2 Å². The van der Waals surface area contributed by atoms with E-state index >= 15 is 0 Å². The zero-order valence-corrected chi connectivity index (χ0v) is 14.3. The summed E-state index contributed by atoms with van der Waals surface area (Å²) in [6, 6.07) is 3.85. The fourth-order valence-electron chi connectivity index (χ4n) is 3.04. The van der Waals surface area contributed by atoms with Crippen molar-refractivity contribution in [2.24, 2.45) is 5.92 Å². The van der Waals surface area contributed by atoms with Crippen LogP contribution in [0.2, 0.25) is 0 Å². The van der Waals surface area contributed by atoms with Gasteiger partial charge in [-0.15, -0.1) is 0 Å². The summed E-state index contributed by atoms with van der Waals surface area (Å²) in [7, 11) is 1.45. The lowest BCUT2D eigenvalue weighted by Gasteiger charge is -2.32. The minimum absolute atomic E-state index is 0.00714. The highest BCUT2D eigenvalue weighted by Crippen LogP contribution is 2.28. The van der Waals surface area contributed by atoms with E-state index in [2.05, 4.69) is 14.9 Å². The predicted molar refractivity (Wildman–Crippen MR) is 91.7 cm³/mol. The summed E-state index contributed by atoms with van der Waals surface area (Å²) in [5, 5.41) is 0. The zero-order valence-electron chi connectivity index (χ0n) is 14.3. The molecule has 126 valence electrons. The summed E-state index contributed by atoms with van der Waals surface area (Å²) in [6.45, 7) is 5.64. The molecule has 3 heterocycles. The number of esters is 1. The third-order valence-corrected chi connectivity index (χ3v) is 4.61. The molecule has 3 rings (SSSR count). The van der Waals surface area contributed by atoms with Crippen molar-refractivity contribution in [2.75, 3.05) is 25.1 Å². The van der Waals surface area contributed by atoms with E-state index in [0.717, 1.165) is 48.6 Å². The number of carbonyl (C=O) groups is 1. The largest absolute Gasteiger partial charge is 0.469 e. The molecule has 0 atom stereocenters. The van der Waals surface area contributed by atoms with Crippen LogP contribution in [0.5, 0.6) is 0 Å². The van der Waals surface area contributed by atoms with E-state index in [1.807, 2.05) is 26.0 Å². The van der Waals surface area contributed by atoms with E-state index in [0.29, 0.717) is 5.82 Å². The van der Waals surface area contributed by atoms with Crippen molar-refractivity contribution in [2.45, 2.75) is 26.7 Å². The summed E-state index contributed by atoms with van der Waals surface area (Å²) in [4.78, 5) is 27.5. The highest BCUT2D eigenvalue weighted by molar-refractivity contribution is 5.72. The summed E-state index contributed by atoms with van der Waals surface area (Å²) < 4.78 is 4.86.